The second kappa shape index (κ2) is 11.2. The zero-order chi connectivity index (χ0) is 23.8. The van der Waals surface area contributed by atoms with Crippen LogP contribution >= 0.6 is 0 Å². The number of aryl methyl sites for hydroxylation is 1. The summed E-state index contributed by atoms with van der Waals surface area (Å²) in [5.74, 6) is 0.459. The summed E-state index contributed by atoms with van der Waals surface area (Å²) in [6.45, 7) is 6.15. The largest absolute Gasteiger partial charge is 0.494 e. The highest BCUT2D eigenvalue weighted by atomic mass is 19.4. The van der Waals surface area contributed by atoms with Gasteiger partial charge in [0.1, 0.15) is 5.75 Å². The molecule has 0 saturated heterocycles. The minimum absolute atomic E-state index is 0.355. The quantitative estimate of drug-likeness (QED) is 0.226. The molecule has 176 valence electrons. The number of fused-ring (bicyclic) bond motifs is 1. The first-order chi connectivity index (χ1) is 15.7. The lowest BCUT2D eigenvalue weighted by atomic mass is 9.99. The normalized spacial score (nSPS) is 13.5. The van der Waals surface area contributed by atoms with Crippen molar-refractivity contribution in [1.82, 2.24) is 0 Å². The van der Waals surface area contributed by atoms with Crippen molar-refractivity contribution in [3.8, 4) is 5.75 Å². The maximum absolute atomic E-state index is 12.8. The van der Waals surface area contributed by atoms with Crippen molar-refractivity contribution in [2.24, 2.45) is 0 Å². The molecule has 2 aromatic rings. The smallest absolute Gasteiger partial charge is 0.416 e. The highest BCUT2D eigenvalue weighted by molar-refractivity contribution is 5.86. The van der Waals surface area contributed by atoms with Crippen LogP contribution in [0.4, 0.5) is 13.2 Å². The molecule has 3 nitrogen and oxygen atoms in total. The predicted molar refractivity (Wildman–Crippen MR) is 124 cm³/mol. The molecular formula is C27H29F3O3. The number of halogens is 3. The molecule has 0 aliphatic heterocycles. The number of esters is 1. The van der Waals surface area contributed by atoms with Crippen molar-refractivity contribution >= 4 is 17.6 Å². The molecule has 1 aliphatic rings. The summed E-state index contributed by atoms with van der Waals surface area (Å²) in [5, 5.41) is 0. The third kappa shape index (κ3) is 7.24. The summed E-state index contributed by atoms with van der Waals surface area (Å²) in [6.07, 6.45) is 2.91. The fourth-order valence-corrected chi connectivity index (χ4v) is 3.72. The molecule has 1 aliphatic carbocycles. The van der Waals surface area contributed by atoms with Crippen molar-refractivity contribution in [2.45, 2.75) is 51.6 Å². The predicted octanol–water partition coefficient (Wildman–Crippen LogP) is 7.25. The zero-order valence-electron chi connectivity index (χ0n) is 18.8. The average molecular weight is 459 g/mol. The van der Waals surface area contributed by atoms with Crippen LogP contribution in [0, 0.1) is 0 Å². The Morgan fingerprint density at radius 3 is 2.42 bits per heavy atom. The molecule has 6 heteroatoms. The Bertz CT molecular complexity index is 1000. The van der Waals surface area contributed by atoms with Crippen LogP contribution in [-0.2, 0) is 22.1 Å². The summed E-state index contributed by atoms with van der Waals surface area (Å²) in [6, 6.07) is 11.4. The zero-order valence-corrected chi connectivity index (χ0v) is 18.8. The Morgan fingerprint density at radius 2 is 1.73 bits per heavy atom. The Morgan fingerprint density at radius 1 is 1.00 bits per heavy atom. The van der Waals surface area contributed by atoms with E-state index in [4.69, 9.17) is 9.47 Å². The number of hydrogen-bond acceptors (Lipinski definition) is 3. The number of allylic oxidation sites excluding steroid dienone is 1. The lowest BCUT2D eigenvalue weighted by Gasteiger charge is -2.10. The Kier molecular flexibility index (Phi) is 8.37. The maximum atomic E-state index is 12.8. The van der Waals surface area contributed by atoms with Crippen LogP contribution in [-0.4, -0.2) is 19.2 Å². The molecule has 2 aromatic carbocycles. The molecule has 0 atom stereocenters. The number of hydrogen-bond donors (Lipinski definition) is 0. The maximum Gasteiger partial charge on any atom is 0.416 e. The Labute approximate surface area is 192 Å². The van der Waals surface area contributed by atoms with Crippen LogP contribution in [0.15, 0.2) is 54.6 Å². The summed E-state index contributed by atoms with van der Waals surface area (Å²) >= 11 is 0. The fraction of sp³-hybridized carbons (Fsp3) is 0.370. The molecular weight excluding hydrogens is 429 g/mol. The van der Waals surface area contributed by atoms with Crippen molar-refractivity contribution in [1.29, 1.82) is 0 Å². The van der Waals surface area contributed by atoms with Gasteiger partial charge in [-0.25, -0.2) is 4.79 Å². The van der Waals surface area contributed by atoms with Gasteiger partial charge in [-0.1, -0.05) is 30.9 Å². The number of alkyl halides is 3. The number of carbonyl (C=O) groups is 1. The van der Waals surface area contributed by atoms with Crippen LogP contribution in [0.3, 0.4) is 0 Å². The van der Waals surface area contributed by atoms with Crippen molar-refractivity contribution in [3.63, 3.8) is 0 Å². The van der Waals surface area contributed by atoms with E-state index in [0.29, 0.717) is 18.8 Å². The number of rotatable bonds is 9. The molecule has 0 fully saturated rings. The van der Waals surface area contributed by atoms with Crippen LogP contribution in [0.2, 0.25) is 0 Å². The van der Waals surface area contributed by atoms with Gasteiger partial charge in [-0.15, -0.1) is 0 Å². The van der Waals surface area contributed by atoms with E-state index >= 15 is 0 Å². The summed E-state index contributed by atoms with van der Waals surface area (Å²) in [4.78, 5) is 11.3. The highest BCUT2D eigenvalue weighted by Crippen LogP contribution is 2.34. The molecule has 0 unspecified atom stereocenters. The third-order valence-electron chi connectivity index (χ3n) is 5.56. The van der Waals surface area contributed by atoms with E-state index in [1.807, 2.05) is 12.1 Å². The summed E-state index contributed by atoms with van der Waals surface area (Å²) in [7, 11) is 0. The molecule has 0 saturated carbocycles. The Balaban J connectivity index is 1.53. The van der Waals surface area contributed by atoms with Gasteiger partial charge in [0.2, 0.25) is 0 Å². The number of carbonyl (C=O) groups excluding carboxylic acids is 1. The van der Waals surface area contributed by atoms with E-state index in [2.05, 4.69) is 18.7 Å². The highest BCUT2D eigenvalue weighted by Gasteiger charge is 2.30. The first-order valence-electron chi connectivity index (χ1n) is 11.2. The molecule has 3 rings (SSSR count). The molecule has 33 heavy (non-hydrogen) atoms. The van der Waals surface area contributed by atoms with Crippen LogP contribution in [0.1, 0.15) is 61.3 Å². The number of benzene rings is 2. The molecule has 0 aromatic heterocycles. The SMILES string of the molecule is C=C(C)C(=O)OCCCCCOc1ccc2c(c1)CCCC(c1ccc(C(F)(F)F)cc1)=C2. The summed E-state index contributed by atoms with van der Waals surface area (Å²) < 4.78 is 49.5. The second-order valence-electron chi connectivity index (χ2n) is 8.28. The first kappa shape index (κ1) is 24.6. The lowest BCUT2D eigenvalue weighted by Crippen LogP contribution is -2.06. The molecule has 0 N–H and O–H groups in total. The van der Waals surface area contributed by atoms with Gasteiger partial charge >= 0.3 is 12.1 Å². The van der Waals surface area contributed by atoms with Crippen LogP contribution in [0.25, 0.3) is 11.6 Å². The van der Waals surface area contributed by atoms with Crippen molar-refractivity contribution in [3.05, 3.63) is 76.9 Å². The van der Waals surface area contributed by atoms with Crippen molar-refractivity contribution in [2.75, 3.05) is 13.2 Å². The second-order valence-corrected chi connectivity index (χ2v) is 8.28. The number of unbranched alkanes of at least 4 members (excludes halogenated alkanes) is 2. The lowest BCUT2D eigenvalue weighted by molar-refractivity contribution is -0.139. The Hall–Kier alpha value is -3.02. The minimum Gasteiger partial charge on any atom is -0.494 e. The minimum atomic E-state index is -4.32. The monoisotopic (exact) mass is 458 g/mol. The van der Waals surface area contributed by atoms with Gasteiger partial charge in [0.15, 0.2) is 0 Å². The van der Waals surface area contributed by atoms with E-state index in [9.17, 15) is 18.0 Å². The molecule has 0 amide bonds. The van der Waals surface area contributed by atoms with E-state index < -0.39 is 11.7 Å². The third-order valence-corrected chi connectivity index (χ3v) is 5.56. The topological polar surface area (TPSA) is 35.5 Å². The van der Waals surface area contributed by atoms with Crippen LogP contribution in [0.5, 0.6) is 5.75 Å². The van der Waals surface area contributed by atoms with Gasteiger partial charge in [0.05, 0.1) is 18.8 Å². The number of ether oxygens (including phenoxy) is 2. The van der Waals surface area contributed by atoms with E-state index in [-0.39, 0.29) is 5.97 Å². The van der Waals surface area contributed by atoms with Gasteiger partial charge < -0.3 is 9.47 Å². The molecule has 0 spiro atoms. The van der Waals surface area contributed by atoms with Gasteiger partial charge in [-0.05, 0) is 92.0 Å². The molecule has 0 heterocycles. The molecule has 0 radical (unpaired) electrons. The van der Waals surface area contributed by atoms with Gasteiger partial charge in [-0.3, -0.25) is 0 Å². The van der Waals surface area contributed by atoms with E-state index in [1.165, 1.54) is 5.56 Å². The standard InChI is InChI=1S/C27H29F3O3/c1-19(2)26(31)33-16-5-3-4-15-32-25-14-11-23-17-21(7-6-8-22(23)18-25)20-9-12-24(13-10-20)27(28,29)30/h9-14,17-18H,1,3-8,15-16H2,2H3. The fourth-order valence-electron chi connectivity index (χ4n) is 3.72. The van der Waals surface area contributed by atoms with Crippen molar-refractivity contribution < 1.29 is 27.4 Å². The average Bonchev–Trinajstić information content (AvgIpc) is 2.99. The van der Waals surface area contributed by atoms with E-state index in [0.717, 1.165) is 73.1 Å². The van der Waals surface area contributed by atoms with Gasteiger partial charge in [0.25, 0.3) is 0 Å². The van der Waals surface area contributed by atoms with Gasteiger partial charge in [-0.2, -0.15) is 13.2 Å². The van der Waals surface area contributed by atoms with Crippen LogP contribution < -0.4 is 4.74 Å². The summed E-state index contributed by atoms with van der Waals surface area (Å²) in [5.41, 5.74) is 3.90. The first-order valence-corrected chi connectivity index (χ1v) is 11.2. The molecule has 0 bridgehead atoms. The van der Waals surface area contributed by atoms with E-state index in [1.54, 1.807) is 19.1 Å². The van der Waals surface area contributed by atoms with Gasteiger partial charge in [0, 0.05) is 5.57 Å².